The first kappa shape index (κ1) is 13.7. The van der Waals surface area contributed by atoms with Crippen molar-refractivity contribution in [2.45, 2.75) is 41.4 Å². The second-order valence-electron chi connectivity index (χ2n) is 4.79. The SMILES string of the molecule is NC(=O)C1(N)CCCC(Sc2ccccc2Cl)C1. The molecule has 3 nitrogen and oxygen atoms in total. The van der Waals surface area contributed by atoms with Crippen molar-refractivity contribution in [1.82, 2.24) is 0 Å². The Bertz CT molecular complexity index is 454. The molecule has 1 aliphatic rings. The first-order chi connectivity index (χ1) is 8.51. The number of amides is 1. The Morgan fingerprint density at radius 1 is 1.44 bits per heavy atom. The third-order valence-electron chi connectivity index (χ3n) is 3.36. The highest BCUT2D eigenvalue weighted by Gasteiger charge is 2.38. The zero-order valence-corrected chi connectivity index (χ0v) is 11.6. The van der Waals surface area contributed by atoms with Crippen molar-refractivity contribution in [2.75, 3.05) is 0 Å². The number of rotatable bonds is 3. The Morgan fingerprint density at radius 3 is 2.83 bits per heavy atom. The number of hydrogen-bond donors (Lipinski definition) is 2. The fourth-order valence-corrected chi connectivity index (χ4v) is 3.93. The summed E-state index contributed by atoms with van der Waals surface area (Å²) in [5.41, 5.74) is 10.6. The van der Waals surface area contributed by atoms with E-state index in [0.29, 0.717) is 18.1 Å². The molecule has 0 bridgehead atoms. The molecule has 18 heavy (non-hydrogen) atoms. The highest BCUT2D eigenvalue weighted by atomic mass is 35.5. The van der Waals surface area contributed by atoms with Gasteiger partial charge in [-0.2, -0.15) is 0 Å². The van der Waals surface area contributed by atoms with Gasteiger partial charge >= 0.3 is 0 Å². The standard InChI is InChI=1S/C13H17ClN2OS/c14-10-5-1-2-6-11(10)18-9-4-3-7-13(16,8-9)12(15)17/h1-2,5-6,9H,3-4,7-8,16H2,(H2,15,17). The average molecular weight is 285 g/mol. The Morgan fingerprint density at radius 2 is 2.17 bits per heavy atom. The van der Waals surface area contributed by atoms with E-state index >= 15 is 0 Å². The molecular weight excluding hydrogens is 268 g/mol. The monoisotopic (exact) mass is 284 g/mol. The van der Waals surface area contributed by atoms with Crippen molar-refractivity contribution >= 4 is 29.3 Å². The molecule has 1 fully saturated rings. The molecule has 1 aromatic rings. The maximum absolute atomic E-state index is 11.4. The summed E-state index contributed by atoms with van der Waals surface area (Å²) in [7, 11) is 0. The van der Waals surface area contributed by atoms with Crippen molar-refractivity contribution in [1.29, 1.82) is 0 Å². The van der Waals surface area contributed by atoms with Crippen molar-refractivity contribution in [2.24, 2.45) is 11.5 Å². The van der Waals surface area contributed by atoms with Crippen LogP contribution in [0.2, 0.25) is 5.02 Å². The van der Waals surface area contributed by atoms with E-state index in [0.717, 1.165) is 22.8 Å². The predicted molar refractivity (Wildman–Crippen MR) is 75.7 cm³/mol. The molecule has 0 aliphatic heterocycles. The van der Waals surface area contributed by atoms with Crippen LogP contribution in [0.3, 0.4) is 0 Å². The van der Waals surface area contributed by atoms with Gasteiger partial charge in [0.2, 0.25) is 5.91 Å². The minimum atomic E-state index is -0.850. The number of carbonyl (C=O) groups excluding carboxylic acids is 1. The first-order valence-corrected chi connectivity index (χ1v) is 7.27. The minimum absolute atomic E-state index is 0.302. The number of benzene rings is 1. The molecule has 2 rings (SSSR count). The lowest BCUT2D eigenvalue weighted by Gasteiger charge is -2.35. The normalized spacial score (nSPS) is 28.0. The number of carbonyl (C=O) groups is 1. The second-order valence-corrected chi connectivity index (χ2v) is 6.54. The molecule has 4 N–H and O–H groups in total. The van der Waals surface area contributed by atoms with Crippen molar-refractivity contribution in [3.8, 4) is 0 Å². The third-order valence-corrected chi connectivity index (χ3v) is 5.15. The van der Waals surface area contributed by atoms with Crippen molar-refractivity contribution in [3.05, 3.63) is 29.3 Å². The molecule has 0 spiro atoms. The number of nitrogens with two attached hydrogens (primary N) is 2. The Hall–Kier alpha value is -0.710. The van der Waals surface area contributed by atoms with Crippen LogP contribution in [0, 0.1) is 0 Å². The van der Waals surface area contributed by atoms with Crippen LogP contribution in [0.5, 0.6) is 0 Å². The molecule has 1 saturated carbocycles. The summed E-state index contributed by atoms with van der Waals surface area (Å²) in [6.45, 7) is 0. The van der Waals surface area contributed by atoms with E-state index in [1.165, 1.54) is 0 Å². The zero-order chi connectivity index (χ0) is 13.2. The van der Waals surface area contributed by atoms with E-state index in [4.69, 9.17) is 23.1 Å². The van der Waals surface area contributed by atoms with E-state index in [9.17, 15) is 4.79 Å². The van der Waals surface area contributed by atoms with Gasteiger partial charge in [-0.15, -0.1) is 11.8 Å². The second kappa shape index (κ2) is 5.51. The lowest BCUT2D eigenvalue weighted by atomic mass is 9.82. The lowest BCUT2D eigenvalue weighted by molar-refractivity contribution is -0.124. The quantitative estimate of drug-likeness (QED) is 0.896. The van der Waals surface area contributed by atoms with Crippen molar-refractivity contribution in [3.63, 3.8) is 0 Å². The molecule has 5 heteroatoms. The summed E-state index contributed by atoms with van der Waals surface area (Å²) < 4.78 is 0. The summed E-state index contributed by atoms with van der Waals surface area (Å²) in [5.74, 6) is -0.396. The summed E-state index contributed by atoms with van der Waals surface area (Å²) in [5, 5.41) is 1.05. The van der Waals surface area contributed by atoms with Crippen LogP contribution < -0.4 is 11.5 Å². The summed E-state index contributed by atoms with van der Waals surface area (Å²) in [6, 6.07) is 7.73. The van der Waals surface area contributed by atoms with Gasteiger partial charge < -0.3 is 11.5 Å². The molecule has 2 atom stereocenters. The van der Waals surface area contributed by atoms with Crippen LogP contribution >= 0.6 is 23.4 Å². The molecule has 1 amide bonds. The van der Waals surface area contributed by atoms with Crippen molar-refractivity contribution < 1.29 is 4.79 Å². The van der Waals surface area contributed by atoms with E-state index in [-0.39, 0.29) is 0 Å². The van der Waals surface area contributed by atoms with Crippen LogP contribution in [0.25, 0.3) is 0 Å². The Balaban J connectivity index is 2.07. The molecule has 0 heterocycles. The first-order valence-electron chi connectivity index (χ1n) is 6.01. The van der Waals surface area contributed by atoms with Gasteiger partial charge in [0.05, 0.1) is 10.6 Å². The van der Waals surface area contributed by atoms with Crippen LogP contribution in [0.15, 0.2) is 29.2 Å². The zero-order valence-electron chi connectivity index (χ0n) is 10.1. The van der Waals surface area contributed by atoms with E-state index in [1.54, 1.807) is 11.8 Å². The van der Waals surface area contributed by atoms with Gasteiger partial charge in [-0.05, 0) is 37.8 Å². The number of hydrogen-bond acceptors (Lipinski definition) is 3. The minimum Gasteiger partial charge on any atom is -0.368 e. The fourth-order valence-electron chi connectivity index (χ4n) is 2.30. The third kappa shape index (κ3) is 2.99. The number of thioether (sulfide) groups is 1. The summed E-state index contributed by atoms with van der Waals surface area (Å²) in [4.78, 5) is 12.4. The predicted octanol–water partition coefficient (Wildman–Crippen LogP) is 2.56. The molecule has 98 valence electrons. The van der Waals surface area contributed by atoms with E-state index < -0.39 is 11.4 Å². The molecule has 0 aromatic heterocycles. The molecule has 0 saturated heterocycles. The van der Waals surface area contributed by atoms with Crippen LogP contribution in [0.1, 0.15) is 25.7 Å². The lowest BCUT2D eigenvalue weighted by Crippen LogP contribution is -2.55. The Kier molecular flexibility index (Phi) is 4.20. The van der Waals surface area contributed by atoms with E-state index in [2.05, 4.69) is 0 Å². The van der Waals surface area contributed by atoms with Gasteiger partial charge in [0.1, 0.15) is 0 Å². The van der Waals surface area contributed by atoms with Gasteiger partial charge in [0.15, 0.2) is 0 Å². The van der Waals surface area contributed by atoms with Crippen LogP contribution in [0.4, 0.5) is 0 Å². The smallest absolute Gasteiger partial charge is 0.237 e. The molecule has 0 radical (unpaired) electrons. The Labute approximate surface area is 116 Å². The maximum atomic E-state index is 11.4. The van der Waals surface area contributed by atoms with E-state index in [1.807, 2.05) is 24.3 Å². The van der Waals surface area contributed by atoms with Crippen LogP contribution in [-0.4, -0.2) is 16.7 Å². The largest absolute Gasteiger partial charge is 0.368 e. The fraction of sp³-hybridized carbons (Fsp3) is 0.462. The number of halogens is 1. The topological polar surface area (TPSA) is 69.1 Å². The summed E-state index contributed by atoms with van der Waals surface area (Å²) >= 11 is 7.82. The van der Waals surface area contributed by atoms with Gasteiger partial charge in [-0.25, -0.2) is 0 Å². The van der Waals surface area contributed by atoms with Gasteiger partial charge in [-0.3, -0.25) is 4.79 Å². The molecule has 2 unspecified atom stereocenters. The molecule has 1 aliphatic carbocycles. The highest BCUT2D eigenvalue weighted by Crippen LogP contribution is 2.39. The molecular formula is C13H17ClN2OS. The molecule has 1 aromatic carbocycles. The van der Waals surface area contributed by atoms with Gasteiger partial charge in [-0.1, -0.05) is 23.7 Å². The average Bonchev–Trinajstić information content (AvgIpc) is 2.32. The van der Waals surface area contributed by atoms with Gasteiger partial charge in [0, 0.05) is 10.1 Å². The highest BCUT2D eigenvalue weighted by molar-refractivity contribution is 8.00. The summed E-state index contributed by atoms with van der Waals surface area (Å²) in [6.07, 6.45) is 3.28. The number of primary amides is 1. The van der Waals surface area contributed by atoms with Gasteiger partial charge in [0.25, 0.3) is 0 Å². The maximum Gasteiger partial charge on any atom is 0.237 e. The van der Waals surface area contributed by atoms with Crippen LogP contribution in [-0.2, 0) is 4.79 Å².